The van der Waals surface area contributed by atoms with Crippen molar-refractivity contribution in [1.82, 2.24) is 0 Å². The first kappa shape index (κ1) is 30.7. The van der Waals surface area contributed by atoms with Crippen LogP contribution in [0.3, 0.4) is 0 Å². The van der Waals surface area contributed by atoms with Gasteiger partial charge >= 0.3 is 12.1 Å². The lowest BCUT2D eigenvalue weighted by molar-refractivity contribution is -0.141. The molecule has 230 valence electrons. The van der Waals surface area contributed by atoms with Crippen LogP contribution < -0.4 is 14.2 Å². The van der Waals surface area contributed by atoms with Crippen LogP contribution in [-0.4, -0.2) is 37.0 Å². The molecule has 2 atom stereocenters. The molecule has 3 aromatic rings. The molecule has 0 saturated heterocycles. The minimum Gasteiger partial charge on any atom is -0.493 e. The fourth-order valence-corrected chi connectivity index (χ4v) is 6.03. The number of esters is 1. The second-order valence-corrected chi connectivity index (χ2v) is 12.0. The van der Waals surface area contributed by atoms with Crippen LogP contribution in [0, 0.1) is 13.8 Å². The molecule has 0 amide bonds. The van der Waals surface area contributed by atoms with Crippen molar-refractivity contribution in [2.75, 3.05) is 20.3 Å². The molecule has 2 aliphatic rings. The Hall–Kier alpha value is -3.72. The van der Waals surface area contributed by atoms with Gasteiger partial charge in [-0.3, -0.25) is 4.79 Å². The molecule has 0 fully saturated rings. The highest BCUT2D eigenvalue weighted by molar-refractivity contribution is 5.76. The summed E-state index contributed by atoms with van der Waals surface area (Å²) in [6.07, 6.45) is -3.36. The molecule has 0 unspecified atom stereocenters. The van der Waals surface area contributed by atoms with Crippen molar-refractivity contribution in [2.24, 2.45) is 0 Å². The predicted molar refractivity (Wildman–Crippen MR) is 156 cm³/mol. The highest BCUT2D eigenvalue weighted by atomic mass is 19.4. The summed E-state index contributed by atoms with van der Waals surface area (Å²) in [4.78, 5) is 11.7. The first-order chi connectivity index (χ1) is 20.2. The number of aryl methyl sites for hydroxylation is 2. The Morgan fingerprint density at radius 2 is 1.74 bits per heavy atom. The molecule has 0 saturated carbocycles. The number of methoxy groups -OCH3 is 1. The predicted octanol–water partition coefficient (Wildman–Crippen LogP) is 7.63. The third kappa shape index (κ3) is 6.61. The van der Waals surface area contributed by atoms with E-state index in [1.54, 1.807) is 32.0 Å². The Labute approximate surface area is 249 Å². The summed E-state index contributed by atoms with van der Waals surface area (Å²) in [6, 6.07) is 11.6. The fraction of sp³-hybridized carbons (Fsp3) is 0.441. The SMILES string of the molecule is COC(=O)C[C@@H]1COc2cc(O[C@@H]3CCc4c3ccc(C(F)(F)F)c4-c3cc(C)c(OCCC(C)(C)O)c(C)c3)ccc21. The maximum atomic E-state index is 14.3. The monoisotopic (exact) mass is 598 g/mol. The summed E-state index contributed by atoms with van der Waals surface area (Å²) in [5, 5.41) is 10.0. The molecule has 9 heteroatoms. The van der Waals surface area contributed by atoms with Gasteiger partial charge in [-0.1, -0.05) is 12.1 Å². The summed E-state index contributed by atoms with van der Waals surface area (Å²) in [5.74, 6) is 1.39. The van der Waals surface area contributed by atoms with Crippen LogP contribution >= 0.6 is 0 Å². The van der Waals surface area contributed by atoms with Crippen molar-refractivity contribution in [3.8, 4) is 28.4 Å². The van der Waals surface area contributed by atoms with Gasteiger partial charge in [0.2, 0.25) is 0 Å². The first-order valence-corrected chi connectivity index (χ1v) is 14.4. The quantitative estimate of drug-likeness (QED) is 0.255. The number of alkyl halides is 3. The van der Waals surface area contributed by atoms with E-state index in [2.05, 4.69) is 0 Å². The minimum atomic E-state index is -4.54. The van der Waals surface area contributed by atoms with Crippen molar-refractivity contribution in [1.29, 1.82) is 0 Å². The van der Waals surface area contributed by atoms with Crippen molar-refractivity contribution >= 4 is 5.97 Å². The van der Waals surface area contributed by atoms with Crippen molar-refractivity contribution in [3.05, 3.63) is 75.8 Å². The number of hydrogen-bond donors (Lipinski definition) is 1. The van der Waals surface area contributed by atoms with Gasteiger partial charge < -0.3 is 24.1 Å². The highest BCUT2D eigenvalue weighted by Crippen LogP contribution is 2.48. The van der Waals surface area contributed by atoms with E-state index in [1.807, 2.05) is 26.0 Å². The smallest absolute Gasteiger partial charge is 0.417 e. The second kappa shape index (κ2) is 11.8. The molecule has 3 aromatic carbocycles. The lowest BCUT2D eigenvalue weighted by atomic mass is 9.89. The van der Waals surface area contributed by atoms with Crippen LogP contribution in [-0.2, 0) is 22.1 Å². The number of aliphatic hydroxyl groups is 1. The molecule has 43 heavy (non-hydrogen) atoms. The molecule has 1 aliphatic heterocycles. The molecule has 0 aromatic heterocycles. The van der Waals surface area contributed by atoms with Gasteiger partial charge in [0.25, 0.3) is 0 Å². The number of carbonyl (C=O) groups excluding carboxylic acids is 1. The molecule has 1 N–H and O–H groups in total. The topological polar surface area (TPSA) is 74.2 Å². The number of carbonyl (C=O) groups is 1. The normalized spacial score (nSPS) is 17.7. The zero-order valence-corrected chi connectivity index (χ0v) is 25.1. The lowest BCUT2D eigenvalue weighted by Gasteiger charge is -2.22. The Kier molecular flexibility index (Phi) is 8.40. The number of rotatable bonds is 9. The minimum absolute atomic E-state index is 0.0997. The molecule has 0 spiro atoms. The Morgan fingerprint density at radius 1 is 1.05 bits per heavy atom. The van der Waals surface area contributed by atoms with Gasteiger partial charge in [-0.2, -0.15) is 13.2 Å². The summed E-state index contributed by atoms with van der Waals surface area (Å²) in [5.41, 5.74) is 2.82. The zero-order valence-electron chi connectivity index (χ0n) is 25.1. The summed E-state index contributed by atoms with van der Waals surface area (Å²) < 4.78 is 65.9. The van der Waals surface area contributed by atoms with E-state index in [1.165, 1.54) is 13.2 Å². The van der Waals surface area contributed by atoms with E-state index in [-0.39, 0.29) is 30.5 Å². The first-order valence-electron chi connectivity index (χ1n) is 14.4. The van der Waals surface area contributed by atoms with E-state index < -0.39 is 23.4 Å². The molecule has 1 aliphatic carbocycles. The van der Waals surface area contributed by atoms with Gasteiger partial charge in [0.15, 0.2) is 0 Å². The van der Waals surface area contributed by atoms with Gasteiger partial charge in [0.1, 0.15) is 23.4 Å². The largest absolute Gasteiger partial charge is 0.493 e. The number of ether oxygens (including phenoxy) is 4. The van der Waals surface area contributed by atoms with Crippen LogP contribution in [0.4, 0.5) is 13.2 Å². The van der Waals surface area contributed by atoms with Crippen molar-refractivity contribution in [2.45, 2.75) is 77.2 Å². The van der Waals surface area contributed by atoms with E-state index in [0.717, 1.165) is 28.3 Å². The Bertz CT molecular complexity index is 1500. The standard InChI is InChI=1S/C34H37F3O6/c1-19-14-21(15-20(2)32(19)41-13-12-33(3,4)39)31-26-9-11-28(25(26)8-10-27(31)34(35,36)37)43-23-6-7-24-22(16-30(38)40-5)18-42-29(24)17-23/h6-8,10,14-15,17,22,28,39H,9,11-13,16,18H2,1-5H3/t22-,28-/m1/s1. The molecule has 1 heterocycles. The van der Waals surface area contributed by atoms with Crippen LogP contribution in [0.2, 0.25) is 0 Å². The summed E-state index contributed by atoms with van der Waals surface area (Å²) in [7, 11) is 1.35. The van der Waals surface area contributed by atoms with Crippen molar-refractivity contribution in [3.63, 3.8) is 0 Å². The van der Waals surface area contributed by atoms with Gasteiger partial charge in [-0.25, -0.2) is 0 Å². The van der Waals surface area contributed by atoms with Gasteiger partial charge in [0.05, 0.1) is 37.9 Å². The molecule has 6 nitrogen and oxygen atoms in total. The van der Waals surface area contributed by atoms with E-state index >= 15 is 0 Å². The number of benzene rings is 3. The Morgan fingerprint density at radius 3 is 2.40 bits per heavy atom. The second-order valence-electron chi connectivity index (χ2n) is 12.0. The molecule has 5 rings (SSSR count). The lowest BCUT2D eigenvalue weighted by Crippen LogP contribution is -2.22. The van der Waals surface area contributed by atoms with Crippen LogP contribution in [0.5, 0.6) is 17.2 Å². The number of fused-ring (bicyclic) bond motifs is 2. The third-order valence-electron chi connectivity index (χ3n) is 8.15. The van der Waals surface area contributed by atoms with Crippen LogP contribution in [0.15, 0.2) is 42.5 Å². The number of hydrogen-bond acceptors (Lipinski definition) is 6. The molecular formula is C34H37F3O6. The van der Waals surface area contributed by atoms with Gasteiger partial charge in [-0.15, -0.1) is 0 Å². The average Bonchev–Trinajstić information content (AvgIpc) is 3.52. The van der Waals surface area contributed by atoms with E-state index in [4.69, 9.17) is 18.9 Å². The van der Waals surface area contributed by atoms with E-state index in [9.17, 15) is 23.1 Å². The van der Waals surface area contributed by atoms with Crippen LogP contribution in [0.25, 0.3) is 11.1 Å². The fourth-order valence-electron chi connectivity index (χ4n) is 6.03. The van der Waals surface area contributed by atoms with Crippen molar-refractivity contribution < 1.29 is 42.0 Å². The average molecular weight is 599 g/mol. The van der Waals surface area contributed by atoms with E-state index in [0.29, 0.717) is 54.2 Å². The summed E-state index contributed by atoms with van der Waals surface area (Å²) >= 11 is 0. The van der Waals surface area contributed by atoms with Crippen LogP contribution in [0.1, 0.15) is 78.5 Å². The molecule has 0 bridgehead atoms. The highest BCUT2D eigenvalue weighted by Gasteiger charge is 2.38. The molecular weight excluding hydrogens is 561 g/mol. The number of halogens is 3. The van der Waals surface area contributed by atoms with Gasteiger partial charge in [0, 0.05) is 24.0 Å². The molecule has 0 radical (unpaired) electrons. The maximum absolute atomic E-state index is 14.3. The van der Waals surface area contributed by atoms with Gasteiger partial charge in [-0.05, 0) is 98.2 Å². The zero-order chi connectivity index (χ0) is 31.1. The Balaban J connectivity index is 1.44. The third-order valence-corrected chi connectivity index (χ3v) is 8.15. The summed E-state index contributed by atoms with van der Waals surface area (Å²) in [6.45, 7) is 7.70. The maximum Gasteiger partial charge on any atom is 0.417 e.